The Morgan fingerprint density at radius 2 is 1.95 bits per heavy atom. The van der Waals surface area contributed by atoms with Gasteiger partial charge in [-0.15, -0.1) is 0 Å². The van der Waals surface area contributed by atoms with Gasteiger partial charge in [-0.1, -0.05) is 33.0 Å². The molecule has 1 saturated carbocycles. The lowest BCUT2D eigenvalue weighted by Gasteiger charge is -2.44. The number of thiocarbonyl (C=S) groups is 1. The van der Waals surface area contributed by atoms with E-state index >= 15 is 0 Å². The van der Waals surface area contributed by atoms with Gasteiger partial charge in [-0.3, -0.25) is 4.79 Å². The van der Waals surface area contributed by atoms with Crippen molar-refractivity contribution < 1.29 is 14.3 Å². The van der Waals surface area contributed by atoms with Crippen LogP contribution in [0.5, 0.6) is 0 Å². The van der Waals surface area contributed by atoms with Gasteiger partial charge in [0.1, 0.15) is 6.04 Å². The predicted octanol–water partition coefficient (Wildman–Crippen LogP) is 1.00. The number of ether oxygens (including phenoxy) is 1. The van der Waals surface area contributed by atoms with Crippen molar-refractivity contribution >= 4 is 29.1 Å². The highest BCUT2D eigenvalue weighted by Crippen LogP contribution is 2.46. The van der Waals surface area contributed by atoms with Gasteiger partial charge in [-0.2, -0.15) is 0 Å². The van der Waals surface area contributed by atoms with Crippen LogP contribution in [0.1, 0.15) is 33.6 Å². The summed E-state index contributed by atoms with van der Waals surface area (Å²) in [5.41, 5.74) is 4.92. The lowest BCUT2D eigenvalue weighted by molar-refractivity contribution is -0.148. The lowest BCUT2D eigenvalue weighted by Crippen LogP contribution is -2.59. The number of rotatable bonds is 5. The summed E-state index contributed by atoms with van der Waals surface area (Å²) in [6.07, 6.45) is 1.28. The third-order valence-corrected chi connectivity index (χ3v) is 4.10. The number of carbonyl (C=O) groups is 2. The number of amides is 1. The molecule has 0 bridgehead atoms. The molecule has 19 heavy (non-hydrogen) atoms. The number of nitrogens with two attached hydrogens (primary N) is 1. The van der Waals surface area contributed by atoms with Crippen molar-refractivity contribution in [2.75, 3.05) is 7.11 Å². The van der Waals surface area contributed by atoms with Gasteiger partial charge in [0.2, 0.25) is 5.91 Å². The molecular weight excluding hydrogens is 264 g/mol. The molecule has 1 fully saturated rings. The molecule has 0 saturated heterocycles. The van der Waals surface area contributed by atoms with Gasteiger partial charge < -0.3 is 15.8 Å². The van der Waals surface area contributed by atoms with E-state index in [9.17, 15) is 9.59 Å². The van der Waals surface area contributed by atoms with Crippen molar-refractivity contribution in [2.24, 2.45) is 23.0 Å². The minimum Gasteiger partial charge on any atom is -0.467 e. The van der Waals surface area contributed by atoms with Crippen LogP contribution in [0.15, 0.2) is 0 Å². The van der Waals surface area contributed by atoms with Crippen LogP contribution < -0.4 is 11.1 Å². The van der Waals surface area contributed by atoms with Crippen molar-refractivity contribution in [3.05, 3.63) is 0 Å². The van der Waals surface area contributed by atoms with Gasteiger partial charge in [0.15, 0.2) is 0 Å². The smallest absolute Gasteiger partial charge is 0.328 e. The monoisotopic (exact) mass is 286 g/mol. The first-order valence-corrected chi connectivity index (χ1v) is 6.84. The second-order valence-electron chi connectivity index (χ2n) is 5.68. The Hall–Kier alpha value is -1.17. The van der Waals surface area contributed by atoms with Crippen LogP contribution in [-0.4, -0.2) is 30.0 Å². The van der Waals surface area contributed by atoms with Crippen molar-refractivity contribution in [1.29, 1.82) is 0 Å². The molecule has 1 rings (SSSR count). The normalized spacial score (nSPS) is 27.3. The number of methoxy groups -OCH3 is 1. The molecule has 5 nitrogen and oxygen atoms in total. The first kappa shape index (κ1) is 15.9. The molecule has 0 aromatic carbocycles. The van der Waals surface area contributed by atoms with Crippen LogP contribution in [0, 0.1) is 17.3 Å². The van der Waals surface area contributed by atoms with Gasteiger partial charge in [0, 0.05) is 0 Å². The standard InChI is InChI=1S/C13H22N2O3S/c1-7(2)9(10(16)18-4)15-12(17)13(11(14)19)5-8(3)6-13/h7-9H,5-6H2,1-4H3,(H2,14,19)(H,15,17). The molecule has 0 aromatic heterocycles. The van der Waals surface area contributed by atoms with Gasteiger partial charge in [0.25, 0.3) is 0 Å². The SMILES string of the molecule is COC(=O)C(NC(=O)C1(C(N)=S)CC(C)C1)C(C)C. The first-order valence-electron chi connectivity index (χ1n) is 6.43. The maximum absolute atomic E-state index is 12.4. The summed E-state index contributed by atoms with van der Waals surface area (Å²) >= 11 is 5.02. The molecule has 1 atom stereocenters. The fourth-order valence-electron chi connectivity index (χ4n) is 2.53. The van der Waals surface area contributed by atoms with E-state index in [0.717, 1.165) is 0 Å². The molecule has 1 amide bonds. The highest BCUT2D eigenvalue weighted by molar-refractivity contribution is 7.80. The molecule has 108 valence electrons. The number of nitrogens with one attached hydrogen (secondary N) is 1. The summed E-state index contributed by atoms with van der Waals surface area (Å²) in [4.78, 5) is 24.2. The van der Waals surface area contributed by atoms with E-state index in [1.54, 1.807) is 0 Å². The topological polar surface area (TPSA) is 81.4 Å². The zero-order valence-electron chi connectivity index (χ0n) is 11.9. The van der Waals surface area contributed by atoms with Crippen molar-refractivity contribution in [1.82, 2.24) is 5.32 Å². The molecule has 6 heteroatoms. The molecule has 3 N–H and O–H groups in total. The van der Waals surface area contributed by atoms with Crippen LogP contribution in [0.4, 0.5) is 0 Å². The highest BCUT2D eigenvalue weighted by atomic mass is 32.1. The summed E-state index contributed by atoms with van der Waals surface area (Å²) in [5, 5.41) is 2.73. The molecule has 1 aliphatic carbocycles. The number of carbonyl (C=O) groups excluding carboxylic acids is 2. The van der Waals surface area contributed by atoms with Crippen molar-refractivity contribution in [2.45, 2.75) is 39.7 Å². The Bertz CT molecular complexity index is 389. The second-order valence-corrected chi connectivity index (χ2v) is 6.12. The Labute approximate surface area is 119 Å². The van der Waals surface area contributed by atoms with Gasteiger partial charge in [-0.05, 0) is 24.7 Å². The number of hydrogen-bond acceptors (Lipinski definition) is 4. The van der Waals surface area contributed by atoms with Crippen LogP contribution in [0.2, 0.25) is 0 Å². The van der Waals surface area contributed by atoms with Crippen LogP contribution in [0.25, 0.3) is 0 Å². The Morgan fingerprint density at radius 3 is 2.26 bits per heavy atom. The maximum atomic E-state index is 12.4. The minimum atomic E-state index is -0.796. The molecule has 0 spiro atoms. The highest BCUT2D eigenvalue weighted by Gasteiger charge is 2.51. The molecule has 0 aromatic rings. The van der Waals surface area contributed by atoms with Crippen LogP contribution in [0.3, 0.4) is 0 Å². The average molecular weight is 286 g/mol. The van der Waals surface area contributed by atoms with Crippen LogP contribution in [-0.2, 0) is 14.3 Å². The third-order valence-electron chi connectivity index (χ3n) is 3.71. The third kappa shape index (κ3) is 3.05. The summed E-state index contributed by atoms with van der Waals surface area (Å²) in [7, 11) is 1.30. The molecule has 0 heterocycles. The zero-order valence-corrected chi connectivity index (χ0v) is 12.7. The fraction of sp³-hybridized carbons (Fsp3) is 0.769. The van der Waals surface area contributed by atoms with E-state index in [0.29, 0.717) is 18.8 Å². The van der Waals surface area contributed by atoms with E-state index in [-0.39, 0.29) is 16.8 Å². The van der Waals surface area contributed by atoms with Gasteiger partial charge >= 0.3 is 5.97 Å². The van der Waals surface area contributed by atoms with E-state index in [1.165, 1.54) is 7.11 Å². The Kier molecular flexibility index (Phi) is 4.90. The van der Waals surface area contributed by atoms with E-state index in [2.05, 4.69) is 5.32 Å². The molecular formula is C13H22N2O3S. The summed E-state index contributed by atoms with van der Waals surface area (Å²) in [5.74, 6) is -0.351. The molecule has 1 unspecified atom stereocenters. The number of hydrogen-bond donors (Lipinski definition) is 2. The van der Waals surface area contributed by atoms with E-state index < -0.39 is 17.4 Å². The van der Waals surface area contributed by atoms with Gasteiger partial charge in [0.05, 0.1) is 17.5 Å². The summed E-state index contributed by atoms with van der Waals surface area (Å²) < 4.78 is 4.70. The van der Waals surface area contributed by atoms with E-state index in [1.807, 2.05) is 20.8 Å². The number of esters is 1. The average Bonchev–Trinajstić information content (AvgIpc) is 2.29. The predicted molar refractivity (Wildman–Crippen MR) is 76.4 cm³/mol. The molecule has 0 aliphatic heterocycles. The molecule has 0 radical (unpaired) electrons. The fourth-order valence-corrected chi connectivity index (χ4v) is 2.79. The zero-order chi connectivity index (χ0) is 14.8. The Morgan fingerprint density at radius 1 is 1.42 bits per heavy atom. The quantitative estimate of drug-likeness (QED) is 0.582. The minimum absolute atomic E-state index is 0.0581. The largest absolute Gasteiger partial charge is 0.467 e. The Balaban J connectivity index is 2.82. The van der Waals surface area contributed by atoms with Crippen LogP contribution >= 0.6 is 12.2 Å². The second kappa shape index (κ2) is 5.86. The summed E-state index contributed by atoms with van der Waals surface area (Å²) in [6.45, 7) is 5.74. The van der Waals surface area contributed by atoms with Gasteiger partial charge in [-0.25, -0.2) is 4.79 Å². The van der Waals surface area contributed by atoms with Crippen molar-refractivity contribution in [3.63, 3.8) is 0 Å². The first-order chi connectivity index (χ1) is 8.74. The lowest BCUT2D eigenvalue weighted by atomic mass is 9.62. The summed E-state index contributed by atoms with van der Waals surface area (Å²) in [6, 6.07) is -0.667. The maximum Gasteiger partial charge on any atom is 0.328 e. The van der Waals surface area contributed by atoms with E-state index in [4.69, 9.17) is 22.7 Å². The van der Waals surface area contributed by atoms with Crippen molar-refractivity contribution in [3.8, 4) is 0 Å². The molecule has 1 aliphatic rings.